The van der Waals surface area contributed by atoms with Crippen LogP contribution in [0.1, 0.15) is 45.1 Å². The minimum atomic E-state index is -0.833. The Morgan fingerprint density at radius 1 is 1.08 bits per heavy atom. The Labute approximate surface area is 297 Å². The van der Waals surface area contributed by atoms with Gasteiger partial charge in [0.2, 0.25) is 17.7 Å². The Kier molecular flexibility index (Phi) is 12.1. The van der Waals surface area contributed by atoms with E-state index in [4.69, 9.17) is 4.74 Å². The van der Waals surface area contributed by atoms with Gasteiger partial charge in [0.1, 0.15) is 11.8 Å². The third-order valence-electron chi connectivity index (χ3n) is 9.89. The van der Waals surface area contributed by atoms with Gasteiger partial charge in [0.25, 0.3) is 0 Å². The molecule has 3 amide bonds. The van der Waals surface area contributed by atoms with Crippen LogP contribution in [-0.4, -0.2) is 92.4 Å². The van der Waals surface area contributed by atoms with Crippen LogP contribution in [0.2, 0.25) is 0 Å². The van der Waals surface area contributed by atoms with Gasteiger partial charge in [-0.25, -0.2) is 0 Å². The highest BCUT2D eigenvalue weighted by molar-refractivity contribution is 9.09. The summed E-state index contributed by atoms with van der Waals surface area (Å²) >= 11 is 5.52. The van der Waals surface area contributed by atoms with Crippen LogP contribution in [0.15, 0.2) is 79.9 Å². The Bertz CT molecular complexity index is 1460. The van der Waals surface area contributed by atoms with Crippen molar-refractivity contribution >= 4 is 51.1 Å². The maximum Gasteiger partial charge on any atom is 0.247 e. The highest BCUT2D eigenvalue weighted by atomic mass is 79.9. The molecule has 3 saturated heterocycles. The Hall–Kier alpha value is -3.08. The molecule has 3 heterocycles. The average Bonchev–Trinajstić information content (AvgIpc) is 3.69. The summed E-state index contributed by atoms with van der Waals surface area (Å²) in [6.45, 7) is 13.3. The second-order valence-electron chi connectivity index (χ2n) is 12.9. The molecule has 1 spiro atoms. The van der Waals surface area contributed by atoms with Crippen molar-refractivity contribution < 1.29 is 24.2 Å². The number of benzene rings is 2. The van der Waals surface area contributed by atoms with E-state index in [2.05, 4.69) is 36.0 Å². The van der Waals surface area contributed by atoms with Crippen LogP contribution in [0.4, 0.5) is 5.69 Å². The van der Waals surface area contributed by atoms with Crippen LogP contribution >= 0.6 is 27.7 Å². The summed E-state index contributed by atoms with van der Waals surface area (Å²) in [6.07, 6.45) is 7.23. The maximum absolute atomic E-state index is 15.0. The molecule has 48 heavy (non-hydrogen) atoms. The molecular weight excluding hydrogens is 690 g/mol. The number of ether oxygens (including phenoxy) is 1. The third kappa shape index (κ3) is 6.85. The number of unbranched alkanes of at least 4 members (excludes halogenated alkanes) is 2. The van der Waals surface area contributed by atoms with E-state index in [0.29, 0.717) is 44.0 Å². The molecule has 2 aromatic carbocycles. The monoisotopic (exact) mass is 737 g/mol. The number of carbonyl (C=O) groups excluding carboxylic acids is 3. The standard InChI is InChI=1S/C38H48BrN3O5S/c1-5-9-13-22-40(20-6-2)37(46)34-38-24-30(39)33(48-38)31(35(44)41(21-7-3)27-16-18-29(19-17-27)47-8-4)32(38)36(45)42(34)28(25-43)23-26-14-11-10-12-15-26/h6-7,10-12,14-19,28,30-34,43H,2-3,5,8-9,13,20-25H2,1,4H3/t28-,30?,31+,32+,33+,34?,38?/m1/s1. The van der Waals surface area contributed by atoms with Crippen molar-refractivity contribution in [3.63, 3.8) is 0 Å². The molecule has 3 aliphatic rings. The van der Waals surface area contributed by atoms with Crippen molar-refractivity contribution in [2.24, 2.45) is 11.8 Å². The lowest BCUT2D eigenvalue weighted by Crippen LogP contribution is -2.58. The first-order valence-corrected chi connectivity index (χ1v) is 18.9. The van der Waals surface area contributed by atoms with Gasteiger partial charge in [-0.3, -0.25) is 14.4 Å². The SMILES string of the molecule is C=CCN(CCCCC)C(=O)C1N([C@@H](CO)Cc2ccccc2)C(=O)[C@@H]2[C@H](C(=O)N(CC=C)c3ccc(OCC)cc3)[C@H]3SC12CC3Br. The van der Waals surface area contributed by atoms with Crippen LogP contribution in [-0.2, 0) is 20.8 Å². The number of alkyl halides is 1. The molecule has 7 atom stereocenters. The number of thioether (sulfide) groups is 1. The fourth-order valence-electron chi connectivity index (χ4n) is 7.85. The molecule has 0 aromatic heterocycles. The molecule has 3 unspecified atom stereocenters. The fourth-order valence-corrected chi connectivity index (χ4v) is 11.4. The molecule has 8 nitrogen and oxygen atoms in total. The summed E-state index contributed by atoms with van der Waals surface area (Å²) in [5.41, 5.74) is 1.66. The van der Waals surface area contributed by atoms with E-state index in [0.717, 1.165) is 24.8 Å². The van der Waals surface area contributed by atoms with Crippen molar-refractivity contribution in [1.82, 2.24) is 9.80 Å². The second-order valence-corrected chi connectivity index (χ2v) is 15.6. The number of hydrogen-bond acceptors (Lipinski definition) is 6. The maximum atomic E-state index is 15.0. The molecule has 3 aliphatic heterocycles. The first-order chi connectivity index (χ1) is 23.3. The van der Waals surface area contributed by atoms with Crippen molar-refractivity contribution in [2.45, 2.75) is 72.9 Å². The predicted octanol–water partition coefficient (Wildman–Crippen LogP) is 5.88. The highest BCUT2D eigenvalue weighted by Crippen LogP contribution is 2.68. The lowest BCUT2D eigenvalue weighted by atomic mass is 9.70. The molecule has 1 N–H and O–H groups in total. The largest absolute Gasteiger partial charge is 0.494 e. The van der Waals surface area contributed by atoms with E-state index in [1.807, 2.05) is 66.4 Å². The Morgan fingerprint density at radius 3 is 2.42 bits per heavy atom. The molecule has 5 rings (SSSR count). The highest BCUT2D eigenvalue weighted by Gasteiger charge is 2.76. The molecule has 3 fully saturated rings. The fraction of sp³-hybridized carbons (Fsp3) is 0.500. The number of carbonyl (C=O) groups is 3. The van der Waals surface area contributed by atoms with Crippen LogP contribution in [0.3, 0.4) is 0 Å². The third-order valence-corrected chi connectivity index (χ3v) is 13.1. The van der Waals surface area contributed by atoms with Gasteiger partial charge in [0, 0.05) is 35.4 Å². The van der Waals surface area contributed by atoms with Crippen molar-refractivity contribution in [3.05, 3.63) is 85.5 Å². The van der Waals surface area contributed by atoms with Crippen molar-refractivity contribution in [1.29, 1.82) is 0 Å². The quantitative estimate of drug-likeness (QED) is 0.124. The first-order valence-electron chi connectivity index (χ1n) is 17.1. The zero-order chi connectivity index (χ0) is 34.4. The van der Waals surface area contributed by atoms with Crippen LogP contribution in [0.25, 0.3) is 0 Å². The number of amides is 3. The van der Waals surface area contributed by atoms with E-state index in [1.165, 1.54) is 0 Å². The number of hydrogen-bond donors (Lipinski definition) is 1. The number of fused-ring (bicyclic) bond motifs is 1. The number of aliphatic hydroxyl groups excluding tert-OH is 1. The van der Waals surface area contributed by atoms with Crippen LogP contribution in [0, 0.1) is 11.8 Å². The summed E-state index contributed by atoms with van der Waals surface area (Å²) < 4.78 is 4.80. The van der Waals surface area contributed by atoms with E-state index in [-0.39, 0.29) is 41.0 Å². The molecule has 2 aromatic rings. The minimum absolute atomic E-state index is 0.0729. The van der Waals surface area contributed by atoms with E-state index in [1.54, 1.807) is 33.7 Å². The zero-order valence-electron chi connectivity index (χ0n) is 28.0. The van der Waals surface area contributed by atoms with E-state index in [9.17, 15) is 19.5 Å². The smallest absolute Gasteiger partial charge is 0.247 e. The lowest BCUT2D eigenvalue weighted by molar-refractivity contribution is -0.145. The van der Waals surface area contributed by atoms with Gasteiger partial charge in [0.15, 0.2) is 0 Å². The number of aliphatic hydroxyl groups is 1. The number of halogens is 1. The van der Waals surface area contributed by atoms with E-state index < -0.39 is 28.7 Å². The summed E-state index contributed by atoms with van der Waals surface area (Å²) in [5.74, 6) is -1.21. The van der Waals surface area contributed by atoms with Crippen LogP contribution in [0.5, 0.6) is 5.75 Å². The van der Waals surface area contributed by atoms with Crippen molar-refractivity contribution in [2.75, 3.05) is 37.7 Å². The van der Waals surface area contributed by atoms with Crippen LogP contribution < -0.4 is 9.64 Å². The van der Waals surface area contributed by atoms with Gasteiger partial charge in [-0.2, -0.15) is 0 Å². The summed E-state index contributed by atoms with van der Waals surface area (Å²) in [7, 11) is 0. The topological polar surface area (TPSA) is 90.4 Å². The Morgan fingerprint density at radius 2 is 1.79 bits per heavy atom. The number of rotatable bonds is 17. The molecule has 2 bridgehead atoms. The number of likely N-dealkylation sites (tertiary alicyclic amines) is 1. The lowest BCUT2D eigenvalue weighted by Gasteiger charge is -2.40. The first kappa shape index (κ1) is 36.2. The molecule has 258 valence electrons. The second kappa shape index (κ2) is 16.1. The zero-order valence-corrected chi connectivity index (χ0v) is 30.4. The predicted molar refractivity (Wildman–Crippen MR) is 197 cm³/mol. The van der Waals surface area contributed by atoms with Gasteiger partial charge < -0.3 is 24.5 Å². The van der Waals surface area contributed by atoms with E-state index >= 15 is 0 Å². The molecule has 0 aliphatic carbocycles. The van der Waals surface area contributed by atoms with Crippen molar-refractivity contribution in [3.8, 4) is 5.75 Å². The molecule has 0 saturated carbocycles. The summed E-state index contributed by atoms with van der Waals surface area (Å²) in [5, 5.41) is 10.7. The van der Waals surface area contributed by atoms with Gasteiger partial charge in [0.05, 0.1) is 35.8 Å². The molecule has 10 heteroatoms. The summed E-state index contributed by atoms with van der Waals surface area (Å²) in [6, 6.07) is 15.7. The Balaban J connectivity index is 1.57. The minimum Gasteiger partial charge on any atom is -0.494 e. The number of anilines is 1. The molecular formula is C38H48BrN3O5S. The summed E-state index contributed by atoms with van der Waals surface area (Å²) in [4.78, 5) is 49.7. The van der Waals surface area contributed by atoms with Gasteiger partial charge in [-0.1, -0.05) is 78.2 Å². The van der Waals surface area contributed by atoms with Gasteiger partial charge in [-0.05, 0) is 56.0 Å². The average molecular weight is 739 g/mol. The molecule has 0 radical (unpaired) electrons. The number of nitrogens with zero attached hydrogens (tertiary/aromatic N) is 3. The van der Waals surface area contributed by atoms with Gasteiger partial charge in [-0.15, -0.1) is 24.9 Å². The normalized spacial score (nSPS) is 26.2. The van der Waals surface area contributed by atoms with Gasteiger partial charge >= 0.3 is 0 Å².